The Morgan fingerprint density at radius 2 is 1.32 bits per heavy atom. The van der Waals surface area contributed by atoms with Gasteiger partial charge < -0.3 is 0 Å². The molecule has 0 atom stereocenters. The van der Waals surface area contributed by atoms with E-state index in [4.69, 9.17) is 0 Å². The van der Waals surface area contributed by atoms with Crippen molar-refractivity contribution >= 4 is 38.7 Å². The van der Waals surface area contributed by atoms with Crippen molar-refractivity contribution < 1.29 is 0 Å². The van der Waals surface area contributed by atoms with E-state index < -0.39 is 18.4 Å². The second-order valence-corrected chi connectivity index (χ2v) is 25.1. The van der Waals surface area contributed by atoms with Crippen LogP contribution in [-0.4, -0.2) is 18.4 Å². The van der Waals surface area contributed by atoms with Crippen LogP contribution in [0.5, 0.6) is 0 Å². The quantitative estimate of drug-likeness (QED) is 0.180. The number of hydrogen-bond acceptors (Lipinski definition) is 1. The van der Waals surface area contributed by atoms with Crippen molar-refractivity contribution in [1.82, 2.24) is 0 Å². The minimum atomic E-state index is -1.91. The van der Waals surface area contributed by atoms with E-state index in [0.717, 1.165) is 0 Å². The van der Waals surface area contributed by atoms with E-state index in [1.54, 1.807) is 8.46 Å². The van der Waals surface area contributed by atoms with Gasteiger partial charge in [0.05, 0.1) is 0 Å². The van der Waals surface area contributed by atoms with Crippen LogP contribution >= 0.6 is 11.3 Å². The maximum atomic E-state index is 4.03. The van der Waals surface area contributed by atoms with Gasteiger partial charge in [-0.1, -0.05) is 32.6 Å². The van der Waals surface area contributed by atoms with Gasteiger partial charge in [-0.05, 0) is 0 Å². The van der Waals surface area contributed by atoms with Crippen molar-refractivity contribution in [3.8, 4) is 0 Å². The van der Waals surface area contributed by atoms with Crippen molar-refractivity contribution in [1.29, 1.82) is 0 Å². The number of hydrogen-bond donors (Lipinski definition) is 0. The predicted octanol–water partition coefficient (Wildman–Crippen LogP) is 8.18. The Balaban J connectivity index is 2.08. The summed E-state index contributed by atoms with van der Waals surface area (Å²) in [4.78, 5) is 8.99. The zero-order chi connectivity index (χ0) is 18.5. The molecule has 0 N–H and O–H groups in total. The summed E-state index contributed by atoms with van der Waals surface area (Å²) < 4.78 is 1.71. The van der Waals surface area contributed by atoms with Gasteiger partial charge in [0, 0.05) is 0 Å². The SMILES string of the molecule is C=Cc1s[c]([Sn]([CH3])([CH3])[CH3])cc1CCCCCCCCCCCCCC. The summed E-state index contributed by atoms with van der Waals surface area (Å²) in [7, 11) is 0. The minimum Gasteiger partial charge on any atom is -0.0654 e. The molecule has 0 aliphatic heterocycles. The summed E-state index contributed by atoms with van der Waals surface area (Å²) in [5.74, 6) is 0. The van der Waals surface area contributed by atoms with Crippen LogP contribution in [0.4, 0.5) is 0 Å². The van der Waals surface area contributed by atoms with Crippen LogP contribution in [0.1, 0.15) is 94.4 Å². The Labute approximate surface area is 166 Å². The molecule has 0 bridgehead atoms. The zero-order valence-corrected chi connectivity index (χ0v) is 21.1. The summed E-state index contributed by atoms with van der Waals surface area (Å²) in [5.41, 5.74) is 1.58. The molecule has 1 aromatic rings. The Hall–Kier alpha value is 0.239. The first kappa shape index (κ1) is 23.3. The number of rotatable bonds is 15. The van der Waals surface area contributed by atoms with Crippen molar-refractivity contribution in [3.05, 3.63) is 23.1 Å². The Kier molecular flexibility index (Phi) is 12.5. The monoisotopic (exact) mass is 470 g/mol. The van der Waals surface area contributed by atoms with Crippen LogP contribution < -0.4 is 2.89 Å². The molecule has 0 aliphatic carbocycles. The summed E-state index contributed by atoms with van der Waals surface area (Å²) in [5, 5.41) is 0. The second kappa shape index (κ2) is 13.4. The molecule has 0 nitrogen and oxygen atoms in total. The van der Waals surface area contributed by atoms with Crippen LogP contribution in [-0.2, 0) is 6.42 Å². The van der Waals surface area contributed by atoms with Gasteiger partial charge in [-0.2, -0.15) is 0 Å². The molecule has 1 heterocycles. The van der Waals surface area contributed by atoms with Crippen molar-refractivity contribution in [2.45, 2.75) is 105 Å². The van der Waals surface area contributed by atoms with Crippen molar-refractivity contribution in [3.63, 3.8) is 0 Å². The molecule has 0 aliphatic rings. The normalized spacial score (nSPS) is 11.8. The molecule has 2 heteroatoms. The fraction of sp³-hybridized carbons (Fsp3) is 0.739. The van der Waals surface area contributed by atoms with E-state index in [-0.39, 0.29) is 0 Å². The van der Waals surface area contributed by atoms with E-state index in [2.05, 4.69) is 40.5 Å². The van der Waals surface area contributed by atoms with E-state index >= 15 is 0 Å². The fourth-order valence-electron chi connectivity index (χ4n) is 3.34. The average Bonchev–Trinajstić information content (AvgIpc) is 2.99. The molecule has 1 aromatic heterocycles. The molecule has 0 saturated heterocycles. The Bertz CT molecular complexity index is 467. The maximum absolute atomic E-state index is 4.03. The van der Waals surface area contributed by atoms with Crippen LogP contribution in [0.25, 0.3) is 6.08 Å². The van der Waals surface area contributed by atoms with Gasteiger partial charge in [0.2, 0.25) is 0 Å². The summed E-state index contributed by atoms with van der Waals surface area (Å²) >= 11 is 0.118. The molecule has 0 aromatic carbocycles. The Morgan fingerprint density at radius 1 is 0.840 bits per heavy atom. The molecule has 144 valence electrons. The van der Waals surface area contributed by atoms with Crippen molar-refractivity contribution in [2.75, 3.05) is 0 Å². The molecule has 0 radical (unpaired) electrons. The summed E-state index contributed by atoms with van der Waals surface area (Å²) in [6.07, 6.45) is 20.5. The first-order chi connectivity index (χ1) is 12.0. The van der Waals surface area contributed by atoms with Gasteiger partial charge in [0.25, 0.3) is 0 Å². The number of unbranched alkanes of at least 4 members (excludes halogenated alkanes) is 11. The molecular weight excluding hydrogens is 427 g/mol. The van der Waals surface area contributed by atoms with Crippen LogP contribution in [0.2, 0.25) is 14.8 Å². The standard InChI is InChI=1S/C20H33S.3CH3.Sn/c1-3-5-6-7-8-9-10-11-12-13-14-15-16-19-17-18-21-20(19)4-2;;;;/h4,17H,2-3,5-16H2,1H3;3*1H3;. The second-order valence-electron chi connectivity index (χ2n) is 8.59. The molecule has 0 saturated carbocycles. The topological polar surface area (TPSA) is 0 Å². The summed E-state index contributed by atoms with van der Waals surface area (Å²) in [6, 6.07) is 2.52. The van der Waals surface area contributed by atoms with Gasteiger partial charge in [-0.15, -0.1) is 0 Å². The van der Waals surface area contributed by atoms with E-state index in [0.29, 0.717) is 0 Å². The smallest absolute Gasteiger partial charge is 0.0654 e. The third-order valence-electron chi connectivity index (χ3n) is 5.07. The minimum absolute atomic E-state index is 1.26. The van der Waals surface area contributed by atoms with Gasteiger partial charge in [-0.3, -0.25) is 0 Å². The predicted molar refractivity (Wildman–Crippen MR) is 122 cm³/mol. The molecule has 0 spiro atoms. The third kappa shape index (κ3) is 10.2. The van der Waals surface area contributed by atoms with E-state index in [1.807, 2.05) is 11.3 Å². The van der Waals surface area contributed by atoms with Crippen LogP contribution in [0.3, 0.4) is 0 Å². The average molecular weight is 469 g/mol. The van der Waals surface area contributed by atoms with Crippen LogP contribution in [0.15, 0.2) is 12.6 Å². The molecule has 0 fully saturated rings. The number of thiophene rings is 1. The molecule has 1 rings (SSSR count). The van der Waals surface area contributed by atoms with Gasteiger partial charge in [0.1, 0.15) is 0 Å². The molecular formula is C23H42SSn. The van der Waals surface area contributed by atoms with Gasteiger partial charge >= 0.3 is 134 Å². The zero-order valence-electron chi connectivity index (χ0n) is 17.5. The van der Waals surface area contributed by atoms with Gasteiger partial charge in [0.15, 0.2) is 0 Å². The Morgan fingerprint density at radius 3 is 1.76 bits per heavy atom. The number of aryl methyl sites for hydroxylation is 1. The fourth-order valence-corrected chi connectivity index (χ4v) is 9.75. The van der Waals surface area contributed by atoms with E-state index in [1.165, 1.54) is 88.3 Å². The molecule has 0 unspecified atom stereocenters. The molecule has 0 amide bonds. The van der Waals surface area contributed by atoms with Crippen LogP contribution in [0, 0.1) is 0 Å². The first-order valence-corrected chi connectivity index (χ1v) is 21.5. The molecule has 25 heavy (non-hydrogen) atoms. The van der Waals surface area contributed by atoms with Crippen molar-refractivity contribution in [2.24, 2.45) is 0 Å². The van der Waals surface area contributed by atoms with Gasteiger partial charge in [-0.25, -0.2) is 0 Å². The first-order valence-electron chi connectivity index (χ1n) is 10.7. The summed E-state index contributed by atoms with van der Waals surface area (Å²) in [6.45, 7) is 6.32. The third-order valence-corrected chi connectivity index (χ3v) is 15.7. The van der Waals surface area contributed by atoms with E-state index in [9.17, 15) is 0 Å².